The molecule has 0 aliphatic rings. The second kappa shape index (κ2) is 4.33. The van der Waals surface area contributed by atoms with Gasteiger partial charge in [-0.3, -0.25) is 0 Å². The number of halogens is 1. The van der Waals surface area contributed by atoms with Gasteiger partial charge in [-0.15, -0.1) is 0 Å². The van der Waals surface area contributed by atoms with Crippen LogP contribution in [0.1, 0.15) is 12.7 Å². The Kier molecular flexibility index (Phi) is 3.07. The lowest BCUT2D eigenvalue weighted by molar-refractivity contribution is 0.578. The van der Waals surface area contributed by atoms with Crippen LogP contribution in [0.25, 0.3) is 11.0 Å². The Morgan fingerprint density at radius 3 is 3.00 bits per heavy atom. The van der Waals surface area contributed by atoms with E-state index in [-0.39, 0.29) is 0 Å². The fourth-order valence-electron chi connectivity index (χ4n) is 1.56. The number of imidazole rings is 1. The second-order valence-electron chi connectivity index (χ2n) is 3.86. The first-order chi connectivity index (χ1) is 7.20. The lowest BCUT2D eigenvalue weighted by atomic mass is 10.1. The number of fused-ring (bicyclic) bond motifs is 1. The van der Waals surface area contributed by atoms with E-state index in [2.05, 4.69) is 32.8 Å². The molecule has 0 fully saturated rings. The first kappa shape index (κ1) is 10.6. The molecule has 0 radical (unpaired) electrons. The average molecular weight is 268 g/mol. The van der Waals surface area contributed by atoms with Crippen LogP contribution in [0.5, 0.6) is 0 Å². The van der Waals surface area contributed by atoms with E-state index < -0.39 is 0 Å². The first-order valence-electron chi connectivity index (χ1n) is 5.04. The molecule has 2 rings (SSSR count). The zero-order chi connectivity index (χ0) is 10.8. The average Bonchev–Trinajstić information content (AvgIpc) is 2.62. The van der Waals surface area contributed by atoms with Gasteiger partial charge in [-0.1, -0.05) is 13.0 Å². The Morgan fingerprint density at radius 1 is 1.53 bits per heavy atom. The quantitative estimate of drug-likeness (QED) is 0.898. The summed E-state index contributed by atoms with van der Waals surface area (Å²) in [5.41, 5.74) is 7.66. The summed E-state index contributed by atoms with van der Waals surface area (Å²) in [6.45, 7) is 2.82. The molecule has 2 aromatic rings. The number of hydrogen-bond acceptors (Lipinski definition) is 2. The van der Waals surface area contributed by atoms with Crippen LogP contribution in [0.2, 0.25) is 0 Å². The maximum absolute atomic E-state index is 5.59. The third-order valence-electron chi connectivity index (χ3n) is 2.46. The number of aromatic amines is 1. The van der Waals surface area contributed by atoms with Crippen LogP contribution in [-0.2, 0) is 6.42 Å². The Hall–Kier alpha value is -0.870. The molecule has 0 aliphatic carbocycles. The van der Waals surface area contributed by atoms with Crippen molar-refractivity contribution in [3.05, 3.63) is 28.5 Å². The highest BCUT2D eigenvalue weighted by Gasteiger charge is 2.08. The monoisotopic (exact) mass is 267 g/mol. The van der Waals surface area contributed by atoms with Crippen LogP contribution in [0.15, 0.2) is 22.7 Å². The van der Waals surface area contributed by atoms with Crippen molar-refractivity contribution in [2.75, 3.05) is 6.54 Å². The van der Waals surface area contributed by atoms with E-state index in [9.17, 15) is 0 Å². The molecule has 4 heteroatoms. The molecule has 0 spiro atoms. The maximum Gasteiger partial charge on any atom is 0.107 e. The number of hydrogen-bond donors (Lipinski definition) is 2. The third kappa shape index (κ3) is 2.21. The highest BCUT2D eigenvalue weighted by molar-refractivity contribution is 9.10. The lowest BCUT2D eigenvalue weighted by Crippen LogP contribution is -2.13. The summed E-state index contributed by atoms with van der Waals surface area (Å²) < 4.78 is 1.03. The van der Waals surface area contributed by atoms with Gasteiger partial charge in [0, 0.05) is 10.9 Å². The highest BCUT2D eigenvalue weighted by atomic mass is 79.9. The van der Waals surface area contributed by atoms with E-state index in [0.717, 1.165) is 27.8 Å². The number of aromatic nitrogens is 2. The van der Waals surface area contributed by atoms with Gasteiger partial charge in [0.2, 0.25) is 0 Å². The Bertz CT molecular complexity index is 464. The summed E-state index contributed by atoms with van der Waals surface area (Å²) in [6.07, 6.45) is 0.900. The zero-order valence-electron chi connectivity index (χ0n) is 8.63. The molecule has 0 saturated heterocycles. The van der Waals surface area contributed by atoms with Gasteiger partial charge in [0.05, 0.1) is 5.52 Å². The van der Waals surface area contributed by atoms with Crippen LogP contribution in [0.3, 0.4) is 0 Å². The number of H-pyrrole nitrogens is 1. The van der Waals surface area contributed by atoms with Gasteiger partial charge in [-0.25, -0.2) is 4.98 Å². The summed E-state index contributed by atoms with van der Waals surface area (Å²) in [5.74, 6) is 1.47. The van der Waals surface area contributed by atoms with Gasteiger partial charge >= 0.3 is 0 Å². The van der Waals surface area contributed by atoms with Gasteiger partial charge in [-0.05, 0) is 40.5 Å². The molecule has 1 unspecified atom stereocenters. The number of nitrogens with one attached hydrogen (secondary N) is 1. The zero-order valence-corrected chi connectivity index (χ0v) is 10.2. The van der Waals surface area contributed by atoms with Crippen molar-refractivity contribution >= 4 is 27.0 Å². The van der Waals surface area contributed by atoms with Gasteiger partial charge in [-0.2, -0.15) is 0 Å². The van der Waals surface area contributed by atoms with Crippen LogP contribution < -0.4 is 5.73 Å². The lowest BCUT2D eigenvalue weighted by Gasteiger charge is -2.03. The summed E-state index contributed by atoms with van der Waals surface area (Å²) in [7, 11) is 0. The molecule has 1 aromatic heterocycles. The number of rotatable bonds is 3. The molecule has 1 aromatic carbocycles. The van der Waals surface area contributed by atoms with E-state index in [1.807, 2.05) is 18.2 Å². The number of para-hydroxylation sites is 1. The van der Waals surface area contributed by atoms with Crippen molar-refractivity contribution < 1.29 is 0 Å². The molecular formula is C11H14BrN3. The Morgan fingerprint density at radius 2 is 2.33 bits per heavy atom. The summed E-state index contributed by atoms with van der Waals surface area (Å²) >= 11 is 3.49. The van der Waals surface area contributed by atoms with Crippen LogP contribution in [-0.4, -0.2) is 16.5 Å². The van der Waals surface area contributed by atoms with Gasteiger partial charge < -0.3 is 10.7 Å². The summed E-state index contributed by atoms with van der Waals surface area (Å²) in [6, 6.07) is 6.03. The number of nitrogens with two attached hydrogens (primary N) is 1. The number of benzene rings is 1. The molecule has 0 amide bonds. The van der Waals surface area contributed by atoms with Crippen LogP contribution >= 0.6 is 15.9 Å². The van der Waals surface area contributed by atoms with Crippen molar-refractivity contribution in [1.29, 1.82) is 0 Å². The Labute approximate surface area is 97.2 Å². The van der Waals surface area contributed by atoms with E-state index in [0.29, 0.717) is 12.5 Å². The predicted octanol–water partition coefficient (Wildman–Crippen LogP) is 2.46. The van der Waals surface area contributed by atoms with Crippen molar-refractivity contribution in [1.82, 2.24) is 9.97 Å². The fourth-order valence-corrected chi connectivity index (χ4v) is 2.01. The molecule has 1 heterocycles. The molecule has 0 saturated carbocycles. The molecule has 15 heavy (non-hydrogen) atoms. The highest BCUT2D eigenvalue weighted by Crippen LogP contribution is 2.22. The normalized spacial score (nSPS) is 13.3. The van der Waals surface area contributed by atoms with Gasteiger partial charge in [0.25, 0.3) is 0 Å². The molecule has 80 valence electrons. The molecule has 0 aliphatic heterocycles. The smallest absolute Gasteiger partial charge is 0.107 e. The predicted molar refractivity (Wildman–Crippen MR) is 65.7 cm³/mol. The molecule has 3 nitrogen and oxygen atoms in total. The summed E-state index contributed by atoms with van der Waals surface area (Å²) in [4.78, 5) is 7.85. The van der Waals surface area contributed by atoms with E-state index >= 15 is 0 Å². The first-order valence-corrected chi connectivity index (χ1v) is 5.83. The van der Waals surface area contributed by atoms with Crippen molar-refractivity contribution in [2.45, 2.75) is 13.3 Å². The minimum atomic E-state index is 0.462. The minimum Gasteiger partial charge on any atom is -0.342 e. The molecule has 0 bridgehead atoms. The van der Waals surface area contributed by atoms with Crippen molar-refractivity contribution in [3.8, 4) is 0 Å². The SMILES string of the molecule is CC(CN)Cc1nc2c(Br)cccc2[nH]1. The minimum absolute atomic E-state index is 0.462. The maximum atomic E-state index is 5.59. The van der Waals surface area contributed by atoms with E-state index in [1.165, 1.54) is 0 Å². The second-order valence-corrected chi connectivity index (χ2v) is 4.72. The molecule has 3 N–H and O–H groups in total. The van der Waals surface area contributed by atoms with Gasteiger partial charge in [0.15, 0.2) is 0 Å². The topological polar surface area (TPSA) is 54.7 Å². The number of nitrogens with zero attached hydrogens (tertiary/aromatic N) is 1. The molecular weight excluding hydrogens is 254 g/mol. The van der Waals surface area contributed by atoms with Crippen molar-refractivity contribution in [2.24, 2.45) is 11.7 Å². The van der Waals surface area contributed by atoms with E-state index in [1.54, 1.807) is 0 Å². The van der Waals surface area contributed by atoms with Crippen molar-refractivity contribution in [3.63, 3.8) is 0 Å². The standard InChI is InChI=1S/C11H14BrN3/c1-7(6-13)5-10-14-9-4-2-3-8(12)11(9)15-10/h2-4,7H,5-6,13H2,1H3,(H,14,15). The fraction of sp³-hybridized carbons (Fsp3) is 0.364. The molecule has 1 atom stereocenters. The summed E-state index contributed by atoms with van der Waals surface area (Å²) in [5, 5.41) is 0. The van der Waals surface area contributed by atoms with Crippen LogP contribution in [0.4, 0.5) is 0 Å². The van der Waals surface area contributed by atoms with Gasteiger partial charge in [0.1, 0.15) is 11.3 Å². The Balaban J connectivity index is 2.35. The van der Waals surface area contributed by atoms with E-state index in [4.69, 9.17) is 5.73 Å². The van der Waals surface area contributed by atoms with Crippen LogP contribution in [0, 0.1) is 5.92 Å². The third-order valence-corrected chi connectivity index (χ3v) is 3.10. The largest absolute Gasteiger partial charge is 0.342 e.